The lowest BCUT2D eigenvalue weighted by atomic mass is 10.2. The molecule has 2 amide bonds. The van der Waals surface area contributed by atoms with Gasteiger partial charge in [0.1, 0.15) is 5.82 Å². The van der Waals surface area contributed by atoms with Gasteiger partial charge in [-0.3, -0.25) is 9.59 Å². The van der Waals surface area contributed by atoms with Gasteiger partial charge in [0.2, 0.25) is 5.91 Å². The highest BCUT2D eigenvalue weighted by Crippen LogP contribution is 2.18. The molecular weight excluding hydrogens is 359 g/mol. The molecule has 0 unspecified atom stereocenters. The molecule has 144 valence electrons. The molecule has 0 saturated carbocycles. The SMILES string of the molecule is Cc1c(C(=O)Nc2ccc(NC(=O)C(C)C)cc2)cnn1-c1ccc(F)cc1. The number of hydrogen-bond acceptors (Lipinski definition) is 3. The first-order valence-corrected chi connectivity index (χ1v) is 8.88. The number of benzene rings is 2. The molecule has 0 aliphatic heterocycles. The van der Waals surface area contributed by atoms with E-state index in [9.17, 15) is 14.0 Å². The topological polar surface area (TPSA) is 76.0 Å². The second kappa shape index (κ2) is 8.04. The fourth-order valence-corrected chi connectivity index (χ4v) is 2.60. The van der Waals surface area contributed by atoms with Crippen molar-refractivity contribution >= 4 is 23.2 Å². The quantitative estimate of drug-likeness (QED) is 0.698. The lowest BCUT2D eigenvalue weighted by Crippen LogP contribution is -2.17. The number of hydrogen-bond donors (Lipinski definition) is 2. The maximum absolute atomic E-state index is 13.1. The van der Waals surface area contributed by atoms with Crippen molar-refractivity contribution < 1.29 is 14.0 Å². The van der Waals surface area contributed by atoms with Crippen LogP contribution < -0.4 is 10.6 Å². The molecule has 0 aliphatic carbocycles. The van der Waals surface area contributed by atoms with Gasteiger partial charge in [-0.05, 0) is 55.5 Å². The smallest absolute Gasteiger partial charge is 0.259 e. The van der Waals surface area contributed by atoms with Crippen LogP contribution in [0.15, 0.2) is 54.7 Å². The van der Waals surface area contributed by atoms with Crippen molar-refractivity contribution in [3.63, 3.8) is 0 Å². The second-order valence-corrected chi connectivity index (χ2v) is 6.71. The van der Waals surface area contributed by atoms with E-state index in [1.54, 1.807) is 48.0 Å². The predicted molar refractivity (Wildman–Crippen MR) is 106 cm³/mol. The van der Waals surface area contributed by atoms with Crippen molar-refractivity contribution in [3.05, 3.63) is 71.8 Å². The molecule has 0 bridgehead atoms. The highest BCUT2D eigenvalue weighted by molar-refractivity contribution is 6.05. The Labute approximate surface area is 162 Å². The summed E-state index contributed by atoms with van der Waals surface area (Å²) in [7, 11) is 0. The van der Waals surface area contributed by atoms with E-state index < -0.39 is 0 Å². The van der Waals surface area contributed by atoms with Crippen LogP contribution >= 0.6 is 0 Å². The molecule has 1 heterocycles. The summed E-state index contributed by atoms with van der Waals surface area (Å²) in [6, 6.07) is 12.8. The fourth-order valence-electron chi connectivity index (χ4n) is 2.60. The number of amides is 2. The number of carbonyl (C=O) groups excluding carboxylic acids is 2. The van der Waals surface area contributed by atoms with Crippen LogP contribution in [0.5, 0.6) is 0 Å². The van der Waals surface area contributed by atoms with Crippen LogP contribution in [0.4, 0.5) is 15.8 Å². The number of aromatic nitrogens is 2. The summed E-state index contributed by atoms with van der Waals surface area (Å²) in [4.78, 5) is 24.3. The van der Waals surface area contributed by atoms with Gasteiger partial charge in [-0.1, -0.05) is 13.8 Å². The van der Waals surface area contributed by atoms with E-state index in [2.05, 4.69) is 15.7 Å². The average Bonchev–Trinajstić information content (AvgIpc) is 3.05. The Hall–Kier alpha value is -3.48. The molecule has 6 nitrogen and oxygen atoms in total. The first kappa shape index (κ1) is 19.3. The van der Waals surface area contributed by atoms with E-state index in [4.69, 9.17) is 0 Å². The molecule has 1 aromatic heterocycles. The van der Waals surface area contributed by atoms with Gasteiger partial charge in [0, 0.05) is 17.3 Å². The lowest BCUT2D eigenvalue weighted by Gasteiger charge is -2.09. The van der Waals surface area contributed by atoms with E-state index in [0.29, 0.717) is 28.3 Å². The molecule has 0 radical (unpaired) electrons. The number of nitrogens with one attached hydrogen (secondary N) is 2. The minimum atomic E-state index is -0.334. The number of halogens is 1. The Morgan fingerprint density at radius 1 is 0.964 bits per heavy atom. The molecule has 2 aromatic carbocycles. The zero-order valence-corrected chi connectivity index (χ0v) is 15.9. The fraction of sp³-hybridized carbons (Fsp3) is 0.190. The third-order valence-corrected chi connectivity index (χ3v) is 4.26. The van der Waals surface area contributed by atoms with Crippen LogP contribution in [0.1, 0.15) is 29.9 Å². The Kier molecular flexibility index (Phi) is 5.54. The number of nitrogens with zero attached hydrogens (tertiary/aromatic N) is 2. The molecule has 7 heteroatoms. The normalized spacial score (nSPS) is 10.8. The third kappa shape index (κ3) is 4.25. The number of rotatable bonds is 5. The Morgan fingerprint density at radius 2 is 1.54 bits per heavy atom. The lowest BCUT2D eigenvalue weighted by molar-refractivity contribution is -0.118. The van der Waals surface area contributed by atoms with Crippen molar-refractivity contribution in [1.29, 1.82) is 0 Å². The van der Waals surface area contributed by atoms with E-state index in [1.807, 2.05) is 13.8 Å². The van der Waals surface area contributed by atoms with Crippen LogP contribution in [0, 0.1) is 18.7 Å². The van der Waals surface area contributed by atoms with Gasteiger partial charge in [0.25, 0.3) is 5.91 Å². The van der Waals surface area contributed by atoms with E-state index in [1.165, 1.54) is 18.3 Å². The van der Waals surface area contributed by atoms with Crippen LogP contribution in [0.3, 0.4) is 0 Å². The Balaban J connectivity index is 1.71. The molecule has 3 aromatic rings. The maximum atomic E-state index is 13.1. The van der Waals surface area contributed by atoms with Gasteiger partial charge in [0.05, 0.1) is 23.1 Å². The van der Waals surface area contributed by atoms with Gasteiger partial charge < -0.3 is 10.6 Å². The first-order valence-electron chi connectivity index (χ1n) is 8.88. The molecule has 0 atom stereocenters. The molecule has 0 spiro atoms. The highest BCUT2D eigenvalue weighted by atomic mass is 19.1. The van der Waals surface area contributed by atoms with Crippen molar-refractivity contribution in [3.8, 4) is 5.69 Å². The number of carbonyl (C=O) groups is 2. The second-order valence-electron chi connectivity index (χ2n) is 6.71. The van der Waals surface area contributed by atoms with Gasteiger partial charge in [-0.25, -0.2) is 9.07 Å². The molecule has 0 saturated heterocycles. The summed E-state index contributed by atoms with van der Waals surface area (Å²) in [6.45, 7) is 5.41. The summed E-state index contributed by atoms with van der Waals surface area (Å²) in [6.07, 6.45) is 1.48. The van der Waals surface area contributed by atoms with Crippen molar-refractivity contribution in [1.82, 2.24) is 9.78 Å². The monoisotopic (exact) mass is 380 g/mol. The summed E-state index contributed by atoms with van der Waals surface area (Å²) < 4.78 is 14.7. The van der Waals surface area contributed by atoms with Gasteiger partial charge in [-0.2, -0.15) is 5.10 Å². The minimum Gasteiger partial charge on any atom is -0.326 e. The van der Waals surface area contributed by atoms with Crippen LogP contribution in [-0.4, -0.2) is 21.6 Å². The summed E-state index contributed by atoms with van der Waals surface area (Å²) in [5.41, 5.74) is 2.99. The van der Waals surface area contributed by atoms with E-state index in [-0.39, 0.29) is 23.5 Å². The van der Waals surface area contributed by atoms with Crippen molar-refractivity contribution in [2.75, 3.05) is 10.6 Å². The summed E-state index contributed by atoms with van der Waals surface area (Å²) >= 11 is 0. The first-order chi connectivity index (χ1) is 13.3. The zero-order valence-electron chi connectivity index (χ0n) is 15.9. The van der Waals surface area contributed by atoms with Crippen LogP contribution in [-0.2, 0) is 4.79 Å². The van der Waals surface area contributed by atoms with Crippen molar-refractivity contribution in [2.24, 2.45) is 5.92 Å². The molecule has 3 rings (SSSR count). The van der Waals surface area contributed by atoms with Crippen LogP contribution in [0.25, 0.3) is 5.69 Å². The Morgan fingerprint density at radius 3 is 2.11 bits per heavy atom. The predicted octanol–water partition coefficient (Wildman–Crippen LogP) is 4.17. The maximum Gasteiger partial charge on any atom is 0.259 e. The van der Waals surface area contributed by atoms with Crippen LogP contribution in [0.2, 0.25) is 0 Å². The van der Waals surface area contributed by atoms with Gasteiger partial charge in [0.15, 0.2) is 0 Å². The number of anilines is 2. The highest BCUT2D eigenvalue weighted by Gasteiger charge is 2.15. The molecular formula is C21H21FN4O2. The molecule has 0 aliphatic rings. The standard InChI is InChI=1S/C21H21FN4O2/c1-13(2)20(27)24-16-6-8-17(9-7-16)25-21(28)19-12-23-26(14(19)3)18-10-4-15(22)5-11-18/h4-13H,1-3H3,(H,24,27)(H,25,28). The largest absolute Gasteiger partial charge is 0.326 e. The van der Waals surface area contributed by atoms with Gasteiger partial charge in [-0.15, -0.1) is 0 Å². The summed E-state index contributed by atoms with van der Waals surface area (Å²) in [5, 5.41) is 9.84. The molecule has 2 N–H and O–H groups in total. The zero-order chi connectivity index (χ0) is 20.3. The minimum absolute atomic E-state index is 0.0689. The molecule has 0 fully saturated rings. The van der Waals surface area contributed by atoms with E-state index in [0.717, 1.165) is 0 Å². The van der Waals surface area contributed by atoms with Crippen molar-refractivity contribution in [2.45, 2.75) is 20.8 Å². The van der Waals surface area contributed by atoms with Gasteiger partial charge >= 0.3 is 0 Å². The average molecular weight is 380 g/mol. The summed E-state index contributed by atoms with van der Waals surface area (Å²) in [5.74, 6) is -0.815. The Bertz CT molecular complexity index is 992. The van der Waals surface area contributed by atoms with E-state index >= 15 is 0 Å². The molecule has 28 heavy (non-hydrogen) atoms. The third-order valence-electron chi connectivity index (χ3n) is 4.26.